The summed E-state index contributed by atoms with van der Waals surface area (Å²) in [7, 11) is 1.67. The Labute approximate surface area is 151 Å². The molecule has 1 aromatic rings. The number of aliphatic imine (C=N–C) groups is 1. The van der Waals surface area contributed by atoms with Crippen LogP contribution in [-0.2, 0) is 0 Å². The smallest absolute Gasteiger partial charge is 0.356 e. The van der Waals surface area contributed by atoms with Gasteiger partial charge < -0.3 is 10.6 Å². The van der Waals surface area contributed by atoms with E-state index in [1.54, 1.807) is 18.8 Å². The molecule has 1 aliphatic heterocycles. The number of thioether (sulfide) groups is 1. The van der Waals surface area contributed by atoms with Crippen LogP contribution in [0, 0.1) is 6.92 Å². The minimum Gasteiger partial charge on any atom is -0.356 e. The van der Waals surface area contributed by atoms with Gasteiger partial charge in [-0.05, 0) is 25.5 Å². The average molecular weight is 374 g/mol. The third-order valence-corrected chi connectivity index (χ3v) is 4.94. The van der Waals surface area contributed by atoms with Crippen molar-refractivity contribution < 1.29 is 13.2 Å². The van der Waals surface area contributed by atoms with Crippen LogP contribution in [0.5, 0.6) is 0 Å². The molecule has 0 saturated carbocycles. The Kier molecular flexibility index (Phi) is 7.43. The zero-order chi connectivity index (χ0) is 18.3. The van der Waals surface area contributed by atoms with Crippen LogP contribution in [0.4, 0.5) is 13.2 Å². The molecule has 8 heteroatoms. The standard InChI is InChI=1S/C17H25F3N4S/c1-13-3-5-15(6-4-13)25-10-8-22-16(21-2)23-14-7-9-24(11-14)12-17(18,19)20/h3-6,14H,7-12H2,1-2H3,(H2,21,22,23). The summed E-state index contributed by atoms with van der Waals surface area (Å²) in [6, 6.07) is 8.37. The Bertz CT molecular complexity index is 560. The van der Waals surface area contributed by atoms with E-state index in [0.29, 0.717) is 25.5 Å². The third kappa shape index (κ3) is 7.56. The van der Waals surface area contributed by atoms with Gasteiger partial charge in [-0.1, -0.05) is 17.7 Å². The van der Waals surface area contributed by atoms with Gasteiger partial charge in [0.2, 0.25) is 0 Å². The summed E-state index contributed by atoms with van der Waals surface area (Å²) >= 11 is 1.75. The van der Waals surface area contributed by atoms with Crippen molar-refractivity contribution in [3.05, 3.63) is 29.8 Å². The fourth-order valence-electron chi connectivity index (χ4n) is 2.71. The van der Waals surface area contributed by atoms with E-state index in [0.717, 1.165) is 12.3 Å². The summed E-state index contributed by atoms with van der Waals surface area (Å²) in [5.41, 5.74) is 1.24. The number of alkyl halides is 3. The second-order valence-corrected chi connectivity index (χ2v) is 7.31. The lowest BCUT2D eigenvalue weighted by Gasteiger charge is -2.19. The Balaban J connectivity index is 1.66. The highest BCUT2D eigenvalue weighted by Crippen LogP contribution is 2.20. The van der Waals surface area contributed by atoms with Gasteiger partial charge >= 0.3 is 6.18 Å². The minimum absolute atomic E-state index is 0.00157. The van der Waals surface area contributed by atoms with E-state index in [2.05, 4.69) is 46.8 Å². The maximum Gasteiger partial charge on any atom is 0.401 e. The van der Waals surface area contributed by atoms with E-state index in [1.165, 1.54) is 15.4 Å². The second kappa shape index (κ2) is 9.33. The Hall–Kier alpha value is -1.41. The predicted octanol–water partition coefficient (Wildman–Crippen LogP) is 2.89. The minimum atomic E-state index is -4.14. The lowest BCUT2D eigenvalue weighted by atomic mass is 10.2. The number of halogens is 3. The molecule has 1 unspecified atom stereocenters. The van der Waals surface area contributed by atoms with Gasteiger partial charge in [-0.3, -0.25) is 9.89 Å². The molecule has 1 atom stereocenters. The van der Waals surface area contributed by atoms with Crippen LogP contribution < -0.4 is 10.6 Å². The van der Waals surface area contributed by atoms with Gasteiger partial charge in [0.25, 0.3) is 0 Å². The third-order valence-electron chi connectivity index (χ3n) is 3.92. The maximum atomic E-state index is 12.4. The summed E-state index contributed by atoms with van der Waals surface area (Å²) in [4.78, 5) is 6.80. The van der Waals surface area contributed by atoms with Crippen molar-refractivity contribution in [2.75, 3.05) is 39.0 Å². The van der Waals surface area contributed by atoms with Crippen molar-refractivity contribution in [1.82, 2.24) is 15.5 Å². The first-order valence-corrected chi connectivity index (χ1v) is 9.30. The number of benzene rings is 1. The Morgan fingerprint density at radius 3 is 2.68 bits per heavy atom. The molecule has 0 bridgehead atoms. The fraction of sp³-hybridized carbons (Fsp3) is 0.588. The monoisotopic (exact) mass is 374 g/mol. The predicted molar refractivity (Wildman–Crippen MR) is 97.3 cm³/mol. The molecule has 0 amide bonds. The van der Waals surface area contributed by atoms with Crippen molar-refractivity contribution in [3.8, 4) is 0 Å². The maximum absolute atomic E-state index is 12.4. The van der Waals surface area contributed by atoms with E-state index in [1.807, 2.05) is 0 Å². The van der Waals surface area contributed by atoms with E-state index in [9.17, 15) is 13.2 Å². The molecule has 1 aliphatic rings. The number of hydrogen-bond acceptors (Lipinski definition) is 3. The Morgan fingerprint density at radius 2 is 2.04 bits per heavy atom. The van der Waals surface area contributed by atoms with Crippen LogP contribution in [0.2, 0.25) is 0 Å². The molecule has 2 N–H and O–H groups in total. The largest absolute Gasteiger partial charge is 0.401 e. The number of hydrogen-bond donors (Lipinski definition) is 2. The van der Waals surface area contributed by atoms with Gasteiger partial charge in [0, 0.05) is 43.4 Å². The molecule has 1 aromatic carbocycles. The number of nitrogens with one attached hydrogen (secondary N) is 2. The van der Waals surface area contributed by atoms with Crippen LogP contribution in [0.1, 0.15) is 12.0 Å². The molecule has 1 heterocycles. The van der Waals surface area contributed by atoms with Crippen LogP contribution in [0.25, 0.3) is 0 Å². The lowest BCUT2D eigenvalue weighted by molar-refractivity contribution is -0.143. The highest BCUT2D eigenvalue weighted by atomic mass is 32.2. The van der Waals surface area contributed by atoms with Crippen molar-refractivity contribution in [2.24, 2.45) is 4.99 Å². The van der Waals surface area contributed by atoms with Gasteiger partial charge in [-0.25, -0.2) is 0 Å². The lowest BCUT2D eigenvalue weighted by Crippen LogP contribution is -2.45. The van der Waals surface area contributed by atoms with Crippen LogP contribution in [0.15, 0.2) is 34.2 Å². The molecule has 1 saturated heterocycles. The topological polar surface area (TPSA) is 39.7 Å². The SMILES string of the molecule is CN=C(NCCSc1ccc(C)cc1)NC1CCN(CC(F)(F)F)C1. The number of nitrogens with zero attached hydrogens (tertiary/aromatic N) is 2. The van der Waals surface area contributed by atoms with Crippen LogP contribution in [-0.4, -0.2) is 62.1 Å². The molecular weight excluding hydrogens is 349 g/mol. The average Bonchev–Trinajstić information content (AvgIpc) is 2.97. The summed E-state index contributed by atoms with van der Waals surface area (Å²) < 4.78 is 37.3. The molecule has 4 nitrogen and oxygen atoms in total. The highest BCUT2D eigenvalue weighted by molar-refractivity contribution is 7.99. The molecule has 0 spiro atoms. The number of guanidine groups is 1. The summed E-state index contributed by atoms with van der Waals surface area (Å²) in [6.45, 7) is 2.79. The zero-order valence-corrected chi connectivity index (χ0v) is 15.4. The summed E-state index contributed by atoms with van der Waals surface area (Å²) in [6.07, 6.45) is -3.45. The molecule has 25 heavy (non-hydrogen) atoms. The number of likely N-dealkylation sites (tertiary alicyclic amines) is 1. The van der Waals surface area contributed by atoms with Gasteiger partial charge in [0.05, 0.1) is 6.54 Å². The van der Waals surface area contributed by atoms with Crippen LogP contribution >= 0.6 is 11.8 Å². The molecule has 0 radical (unpaired) electrons. The number of rotatable bonds is 6. The van der Waals surface area contributed by atoms with Crippen LogP contribution in [0.3, 0.4) is 0 Å². The number of aryl methyl sites for hydroxylation is 1. The van der Waals surface area contributed by atoms with E-state index < -0.39 is 12.7 Å². The highest BCUT2D eigenvalue weighted by Gasteiger charge is 2.34. The van der Waals surface area contributed by atoms with Gasteiger partial charge in [0.15, 0.2) is 5.96 Å². The normalized spacial score (nSPS) is 19.2. The molecule has 2 rings (SSSR count). The van der Waals surface area contributed by atoms with Gasteiger partial charge in [-0.15, -0.1) is 11.8 Å². The zero-order valence-electron chi connectivity index (χ0n) is 14.6. The molecule has 0 aromatic heterocycles. The van der Waals surface area contributed by atoms with Crippen molar-refractivity contribution in [2.45, 2.75) is 30.5 Å². The second-order valence-electron chi connectivity index (χ2n) is 6.14. The van der Waals surface area contributed by atoms with E-state index in [4.69, 9.17) is 0 Å². The molecular formula is C17H25F3N4S. The first kappa shape index (κ1) is 19.9. The van der Waals surface area contributed by atoms with Gasteiger partial charge in [0.1, 0.15) is 0 Å². The van der Waals surface area contributed by atoms with Gasteiger partial charge in [-0.2, -0.15) is 13.2 Å². The molecule has 1 fully saturated rings. The quantitative estimate of drug-likeness (QED) is 0.348. The van der Waals surface area contributed by atoms with E-state index in [-0.39, 0.29) is 6.04 Å². The molecule has 0 aliphatic carbocycles. The fourth-order valence-corrected chi connectivity index (χ4v) is 3.48. The van der Waals surface area contributed by atoms with Crippen molar-refractivity contribution in [1.29, 1.82) is 0 Å². The Morgan fingerprint density at radius 1 is 1.32 bits per heavy atom. The molecule has 140 valence electrons. The van der Waals surface area contributed by atoms with E-state index >= 15 is 0 Å². The summed E-state index contributed by atoms with van der Waals surface area (Å²) in [5.74, 6) is 1.53. The van der Waals surface area contributed by atoms with Crippen molar-refractivity contribution >= 4 is 17.7 Å². The first-order valence-electron chi connectivity index (χ1n) is 8.31. The van der Waals surface area contributed by atoms with Crippen molar-refractivity contribution in [3.63, 3.8) is 0 Å². The first-order chi connectivity index (χ1) is 11.9. The summed E-state index contributed by atoms with van der Waals surface area (Å²) in [5, 5.41) is 6.43.